The third kappa shape index (κ3) is 4.06. The number of thiazole rings is 1. The van der Waals surface area contributed by atoms with Gasteiger partial charge in [-0.3, -0.25) is 9.80 Å². The third-order valence-corrected chi connectivity index (χ3v) is 6.81. The van der Waals surface area contributed by atoms with Gasteiger partial charge in [0.25, 0.3) is 0 Å². The summed E-state index contributed by atoms with van der Waals surface area (Å²) in [7, 11) is 0. The number of benzene rings is 2. The molecule has 1 aliphatic heterocycles. The Hall–Kier alpha value is -2.81. The summed E-state index contributed by atoms with van der Waals surface area (Å²) < 4.78 is 15.6. The number of halogens is 1. The molecule has 160 valence electrons. The maximum absolute atomic E-state index is 14.1. The van der Waals surface area contributed by atoms with Gasteiger partial charge in [-0.25, -0.2) is 9.37 Å². The fourth-order valence-corrected chi connectivity index (χ4v) is 5.41. The van der Waals surface area contributed by atoms with Crippen LogP contribution in [0.25, 0.3) is 4.96 Å². The van der Waals surface area contributed by atoms with Gasteiger partial charge in [-0.2, -0.15) is 4.52 Å². The zero-order valence-electron chi connectivity index (χ0n) is 17.3. The molecule has 0 aliphatic carbocycles. The molecule has 6 nitrogen and oxygen atoms in total. The maximum Gasteiger partial charge on any atom is 0.230 e. The smallest absolute Gasteiger partial charge is 0.230 e. The van der Waals surface area contributed by atoms with E-state index in [1.54, 1.807) is 19.1 Å². The first-order chi connectivity index (χ1) is 15.1. The van der Waals surface area contributed by atoms with Gasteiger partial charge in [0.1, 0.15) is 11.6 Å². The number of nitrogens with zero attached hydrogens (tertiary/aromatic N) is 5. The van der Waals surface area contributed by atoms with Crippen LogP contribution in [0.2, 0.25) is 0 Å². The summed E-state index contributed by atoms with van der Waals surface area (Å²) in [5, 5.41) is 15.2. The molecule has 3 heterocycles. The quantitative estimate of drug-likeness (QED) is 0.514. The Bertz CT molecular complexity index is 1180. The number of aromatic hydroxyl groups is 1. The Morgan fingerprint density at radius 2 is 1.84 bits per heavy atom. The number of rotatable bonds is 5. The van der Waals surface area contributed by atoms with E-state index < -0.39 is 0 Å². The summed E-state index contributed by atoms with van der Waals surface area (Å²) in [6.45, 7) is 6.17. The molecule has 0 spiro atoms. The van der Waals surface area contributed by atoms with Crippen LogP contribution in [0.15, 0.2) is 54.6 Å². The van der Waals surface area contributed by atoms with Crippen molar-refractivity contribution in [3.05, 3.63) is 82.2 Å². The molecule has 0 amide bonds. The van der Waals surface area contributed by atoms with Crippen molar-refractivity contribution >= 4 is 16.3 Å². The van der Waals surface area contributed by atoms with Gasteiger partial charge in [0.05, 0.1) is 10.9 Å². The number of piperazine rings is 1. The Labute approximate surface area is 184 Å². The number of hydrogen-bond acceptors (Lipinski definition) is 6. The predicted octanol–water partition coefficient (Wildman–Crippen LogP) is 3.85. The van der Waals surface area contributed by atoms with Gasteiger partial charge in [0.2, 0.25) is 10.8 Å². The zero-order chi connectivity index (χ0) is 21.4. The topological polar surface area (TPSA) is 56.9 Å². The van der Waals surface area contributed by atoms with Crippen LogP contribution in [-0.2, 0) is 6.54 Å². The first kappa shape index (κ1) is 20.1. The standard InChI is InChI=1S/C23H24FN5OS/c1-16-25-23-29(26-16)22(30)21(31-23)20(18-8-5-9-19(24)14-18)28-12-10-27(11-13-28)15-17-6-3-2-4-7-17/h2-9,14,20,30H,10-13,15H2,1H3/t20-/m1/s1. The highest BCUT2D eigenvalue weighted by Gasteiger charge is 2.31. The fraction of sp³-hybridized carbons (Fsp3) is 0.304. The van der Waals surface area contributed by atoms with Crippen molar-refractivity contribution in [2.24, 2.45) is 0 Å². The molecule has 2 aromatic carbocycles. The van der Waals surface area contributed by atoms with E-state index in [2.05, 4.69) is 44.1 Å². The van der Waals surface area contributed by atoms with Crippen molar-refractivity contribution in [3.8, 4) is 5.88 Å². The molecule has 1 aliphatic rings. The molecule has 8 heteroatoms. The highest BCUT2D eigenvalue weighted by Crippen LogP contribution is 2.40. The van der Waals surface area contributed by atoms with Crippen molar-refractivity contribution in [1.29, 1.82) is 0 Å². The SMILES string of the molecule is Cc1nc2sc([C@@H](c3cccc(F)c3)N3CCN(Cc4ccccc4)CC3)c(O)n2n1. The van der Waals surface area contributed by atoms with E-state index in [0.717, 1.165) is 43.2 Å². The summed E-state index contributed by atoms with van der Waals surface area (Å²) in [5.74, 6) is 0.423. The van der Waals surface area contributed by atoms with Crippen molar-refractivity contribution in [2.45, 2.75) is 19.5 Å². The monoisotopic (exact) mass is 437 g/mol. The molecular weight excluding hydrogens is 413 g/mol. The second-order valence-corrected chi connectivity index (χ2v) is 8.91. The van der Waals surface area contributed by atoms with Gasteiger partial charge in [0, 0.05) is 32.7 Å². The van der Waals surface area contributed by atoms with E-state index in [-0.39, 0.29) is 17.7 Å². The summed E-state index contributed by atoms with van der Waals surface area (Å²) in [6, 6.07) is 16.9. The zero-order valence-corrected chi connectivity index (χ0v) is 18.1. The summed E-state index contributed by atoms with van der Waals surface area (Å²) in [6.07, 6.45) is 0. The lowest BCUT2D eigenvalue weighted by Crippen LogP contribution is -2.47. The van der Waals surface area contributed by atoms with Crippen LogP contribution in [0.4, 0.5) is 4.39 Å². The minimum absolute atomic E-state index is 0.0848. The molecule has 5 rings (SSSR count). The van der Waals surface area contributed by atoms with Crippen molar-refractivity contribution in [2.75, 3.05) is 26.2 Å². The molecule has 1 fully saturated rings. The van der Waals surface area contributed by atoms with Crippen molar-refractivity contribution in [1.82, 2.24) is 24.4 Å². The molecule has 31 heavy (non-hydrogen) atoms. The Morgan fingerprint density at radius 3 is 2.55 bits per heavy atom. The van der Waals surface area contributed by atoms with Crippen LogP contribution < -0.4 is 0 Å². The van der Waals surface area contributed by atoms with Gasteiger partial charge in [-0.1, -0.05) is 53.8 Å². The number of fused-ring (bicyclic) bond motifs is 1. The molecule has 0 unspecified atom stereocenters. The number of aromatic nitrogens is 3. The van der Waals surface area contributed by atoms with Crippen LogP contribution in [0.1, 0.15) is 27.9 Å². The second kappa shape index (κ2) is 8.37. The molecule has 0 radical (unpaired) electrons. The lowest BCUT2D eigenvalue weighted by Gasteiger charge is -2.39. The van der Waals surface area contributed by atoms with Gasteiger partial charge in [-0.05, 0) is 30.2 Å². The van der Waals surface area contributed by atoms with Crippen LogP contribution in [0, 0.1) is 12.7 Å². The van der Waals surface area contributed by atoms with Crippen LogP contribution in [-0.4, -0.2) is 55.7 Å². The highest BCUT2D eigenvalue weighted by molar-refractivity contribution is 7.17. The Balaban J connectivity index is 1.43. The summed E-state index contributed by atoms with van der Waals surface area (Å²) in [5.41, 5.74) is 2.13. The molecule has 1 N–H and O–H groups in total. The van der Waals surface area contributed by atoms with Crippen molar-refractivity contribution in [3.63, 3.8) is 0 Å². The normalized spacial score (nSPS) is 16.7. The lowest BCUT2D eigenvalue weighted by atomic mass is 10.0. The molecule has 1 saturated heterocycles. The molecule has 2 aromatic heterocycles. The van der Waals surface area contributed by atoms with E-state index >= 15 is 0 Å². The average molecular weight is 438 g/mol. The number of hydrogen-bond donors (Lipinski definition) is 1. The maximum atomic E-state index is 14.1. The molecule has 4 aromatic rings. The van der Waals surface area contributed by atoms with Gasteiger partial charge < -0.3 is 5.11 Å². The summed E-state index contributed by atoms with van der Waals surface area (Å²) >= 11 is 1.41. The largest absolute Gasteiger partial charge is 0.492 e. The lowest BCUT2D eigenvalue weighted by molar-refractivity contribution is 0.105. The second-order valence-electron chi connectivity index (χ2n) is 7.90. The number of aryl methyl sites for hydroxylation is 1. The van der Waals surface area contributed by atoms with E-state index in [1.807, 2.05) is 12.1 Å². The Kier molecular flexibility index (Phi) is 5.43. The first-order valence-corrected chi connectivity index (χ1v) is 11.2. The van der Waals surface area contributed by atoms with Crippen LogP contribution in [0.5, 0.6) is 5.88 Å². The minimum atomic E-state index is -0.278. The minimum Gasteiger partial charge on any atom is -0.492 e. The van der Waals surface area contributed by atoms with Crippen LogP contribution in [0.3, 0.4) is 0 Å². The van der Waals surface area contributed by atoms with Gasteiger partial charge in [-0.15, -0.1) is 5.10 Å². The Morgan fingerprint density at radius 1 is 1.06 bits per heavy atom. The first-order valence-electron chi connectivity index (χ1n) is 10.4. The van der Waals surface area contributed by atoms with Gasteiger partial charge in [0.15, 0.2) is 0 Å². The molecule has 1 atom stereocenters. The molecular formula is C23H24FN5OS. The summed E-state index contributed by atoms with van der Waals surface area (Å²) in [4.78, 5) is 10.5. The highest BCUT2D eigenvalue weighted by atomic mass is 32.1. The van der Waals surface area contributed by atoms with E-state index in [4.69, 9.17) is 0 Å². The van der Waals surface area contributed by atoms with E-state index in [9.17, 15) is 9.50 Å². The van der Waals surface area contributed by atoms with Crippen molar-refractivity contribution < 1.29 is 9.50 Å². The van der Waals surface area contributed by atoms with Gasteiger partial charge >= 0.3 is 0 Å². The molecule has 0 saturated carbocycles. The fourth-order valence-electron chi connectivity index (χ4n) is 4.25. The third-order valence-electron chi connectivity index (χ3n) is 5.74. The van der Waals surface area contributed by atoms with Crippen LogP contribution >= 0.6 is 11.3 Å². The predicted molar refractivity (Wildman–Crippen MR) is 119 cm³/mol. The molecule has 0 bridgehead atoms. The van der Waals surface area contributed by atoms with E-state index in [1.165, 1.54) is 27.5 Å². The van der Waals surface area contributed by atoms with E-state index in [0.29, 0.717) is 10.8 Å². The average Bonchev–Trinajstić information content (AvgIpc) is 3.27.